The SMILES string of the molecule is CC.CCC(C(C)CC(C)(C)C)C(C(C)C)C1CCC(C)C1.CCC(C)C. The van der Waals surface area contributed by atoms with Crippen LogP contribution in [0.4, 0.5) is 0 Å². The molecule has 1 aliphatic carbocycles. The van der Waals surface area contributed by atoms with E-state index in [1.165, 1.54) is 38.5 Å². The van der Waals surface area contributed by atoms with Gasteiger partial charge < -0.3 is 0 Å². The quantitative estimate of drug-likeness (QED) is 0.411. The molecule has 0 amide bonds. The van der Waals surface area contributed by atoms with Gasteiger partial charge in [-0.1, -0.05) is 109 Å². The Balaban J connectivity index is 0. The Morgan fingerprint density at radius 2 is 1.33 bits per heavy atom. The first-order valence-corrected chi connectivity index (χ1v) is 12.4. The topological polar surface area (TPSA) is 0 Å². The third kappa shape index (κ3) is 13.0. The van der Waals surface area contributed by atoms with E-state index in [0.717, 1.165) is 41.4 Å². The molecule has 0 N–H and O–H groups in total. The van der Waals surface area contributed by atoms with Crippen LogP contribution in [0.15, 0.2) is 0 Å². The molecule has 1 fully saturated rings. The predicted molar refractivity (Wildman–Crippen MR) is 128 cm³/mol. The minimum Gasteiger partial charge on any atom is -0.0683 e. The van der Waals surface area contributed by atoms with Gasteiger partial charge in [0.15, 0.2) is 0 Å². The van der Waals surface area contributed by atoms with E-state index in [1.54, 1.807) is 0 Å². The normalized spacial score (nSPS) is 23.2. The summed E-state index contributed by atoms with van der Waals surface area (Å²) in [4.78, 5) is 0. The van der Waals surface area contributed by atoms with E-state index in [0.29, 0.717) is 5.41 Å². The largest absolute Gasteiger partial charge is 0.0683 e. The van der Waals surface area contributed by atoms with Crippen LogP contribution < -0.4 is 0 Å². The average molecular weight is 383 g/mol. The maximum Gasteiger partial charge on any atom is -0.0332 e. The van der Waals surface area contributed by atoms with Crippen LogP contribution in [0.3, 0.4) is 0 Å². The van der Waals surface area contributed by atoms with Gasteiger partial charge in [0.2, 0.25) is 0 Å². The smallest absolute Gasteiger partial charge is 0.0332 e. The molecule has 1 aliphatic rings. The molecule has 0 aromatic carbocycles. The molecule has 5 unspecified atom stereocenters. The molecule has 1 saturated carbocycles. The second-order valence-corrected chi connectivity index (χ2v) is 11.1. The van der Waals surface area contributed by atoms with Crippen LogP contribution in [-0.2, 0) is 0 Å². The molecule has 0 nitrogen and oxygen atoms in total. The second kappa shape index (κ2) is 14.9. The lowest BCUT2D eigenvalue weighted by Crippen LogP contribution is -2.32. The zero-order valence-electron chi connectivity index (χ0n) is 21.8. The van der Waals surface area contributed by atoms with Gasteiger partial charge in [-0.25, -0.2) is 0 Å². The maximum absolute atomic E-state index is 2.52. The van der Waals surface area contributed by atoms with E-state index in [9.17, 15) is 0 Å². The molecular weight excluding hydrogens is 324 g/mol. The zero-order chi connectivity index (χ0) is 21.8. The third-order valence-corrected chi connectivity index (χ3v) is 6.50. The van der Waals surface area contributed by atoms with E-state index in [1.807, 2.05) is 13.8 Å². The van der Waals surface area contributed by atoms with Crippen molar-refractivity contribution >= 4 is 0 Å². The highest BCUT2D eigenvalue weighted by molar-refractivity contribution is 4.87. The second-order valence-electron chi connectivity index (χ2n) is 11.1. The molecule has 166 valence electrons. The Morgan fingerprint density at radius 3 is 1.59 bits per heavy atom. The summed E-state index contributed by atoms with van der Waals surface area (Å²) >= 11 is 0. The zero-order valence-corrected chi connectivity index (χ0v) is 21.8. The summed E-state index contributed by atoms with van der Waals surface area (Å²) in [5, 5.41) is 0. The lowest BCUT2D eigenvalue weighted by atomic mass is 9.65. The first-order chi connectivity index (χ1) is 12.4. The van der Waals surface area contributed by atoms with E-state index in [4.69, 9.17) is 0 Å². The lowest BCUT2D eigenvalue weighted by molar-refractivity contribution is 0.0934. The van der Waals surface area contributed by atoms with Crippen molar-refractivity contribution in [3.05, 3.63) is 0 Å². The van der Waals surface area contributed by atoms with Crippen LogP contribution in [0.2, 0.25) is 0 Å². The van der Waals surface area contributed by atoms with E-state index >= 15 is 0 Å². The molecule has 0 spiro atoms. The van der Waals surface area contributed by atoms with E-state index in [2.05, 4.69) is 76.2 Å². The van der Waals surface area contributed by atoms with Crippen LogP contribution >= 0.6 is 0 Å². The van der Waals surface area contributed by atoms with Crippen LogP contribution in [0.5, 0.6) is 0 Å². The van der Waals surface area contributed by atoms with Gasteiger partial charge in [0.1, 0.15) is 0 Å². The maximum atomic E-state index is 2.52. The molecule has 0 aromatic heterocycles. The summed E-state index contributed by atoms with van der Waals surface area (Å²) < 4.78 is 0. The van der Waals surface area contributed by atoms with Crippen molar-refractivity contribution in [3.63, 3.8) is 0 Å². The Kier molecular flexibility index (Phi) is 16.1. The van der Waals surface area contributed by atoms with E-state index in [-0.39, 0.29) is 0 Å². The predicted octanol–water partition coefficient (Wildman–Crippen LogP) is 9.87. The monoisotopic (exact) mass is 382 g/mol. The molecule has 0 aromatic rings. The summed E-state index contributed by atoms with van der Waals surface area (Å²) in [6, 6.07) is 0. The van der Waals surface area contributed by atoms with Crippen LogP contribution in [-0.4, -0.2) is 0 Å². The molecule has 1 rings (SSSR count). The number of hydrogen-bond donors (Lipinski definition) is 0. The summed E-state index contributed by atoms with van der Waals surface area (Å²) in [5.74, 6) is 6.43. The van der Waals surface area contributed by atoms with Gasteiger partial charge in [0, 0.05) is 0 Å². The van der Waals surface area contributed by atoms with Crippen LogP contribution in [0.1, 0.15) is 129 Å². The van der Waals surface area contributed by atoms with Gasteiger partial charge in [-0.15, -0.1) is 0 Å². The highest BCUT2D eigenvalue weighted by Crippen LogP contribution is 2.46. The van der Waals surface area contributed by atoms with Crippen molar-refractivity contribution in [3.8, 4) is 0 Å². The van der Waals surface area contributed by atoms with E-state index < -0.39 is 0 Å². The fraction of sp³-hybridized carbons (Fsp3) is 1.00. The Bertz CT molecular complexity index is 319. The van der Waals surface area contributed by atoms with Gasteiger partial charge >= 0.3 is 0 Å². The van der Waals surface area contributed by atoms with Gasteiger partial charge in [-0.05, 0) is 66.1 Å². The Morgan fingerprint density at radius 1 is 0.852 bits per heavy atom. The highest BCUT2D eigenvalue weighted by atomic mass is 14.4. The van der Waals surface area contributed by atoms with Crippen molar-refractivity contribution in [1.82, 2.24) is 0 Å². The molecule has 0 radical (unpaired) electrons. The highest BCUT2D eigenvalue weighted by Gasteiger charge is 2.37. The van der Waals surface area contributed by atoms with Crippen molar-refractivity contribution in [2.75, 3.05) is 0 Å². The fourth-order valence-electron chi connectivity index (χ4n) is 5.16. The lowest BCUT2D eigenvalue weighted by Gasteiger charge is -2.40. The molecule has 27 heavy (non-hydrogen) atoms. The van der Waals surface area contributed by atoms with Gasteiger partial charge in [-0.2, -0.15) is 0 Å². The first-order valence-electron chi connectivity index (χ1n) is 12.4. The summed E-state index contributed by atoms with van der Waals surface area (Å²) in [5.41, 5.74) is 0.470. The molecule has 0 aliphatic heterocycles. The minimum absolute atomic E-state index is 0.470. The molecule has 5 atom stereocenters. The first kappa shape index (κ1) is 29.2. The Hall–Kier alpha value is 0. The van der Waals surface area contributed by atoms with Crippen molar-refractivity contribution in [2.45, 2.75) is 129 Å². The number of rotatable bonds is 7. The summed E-state index contributed by atoms with van der Waals surface area (Å²) in [6.07, 6.45) is 8.49. The number of hydrogen-bond acceptors (Lipinski definition) is 0. The standard InChI is InChI=1S/C20H40.C5H12.C2H6/c1-9-18(16(5)13-20(6,7)8)19(14(2)3)17-11-10-15(4)12-17;1-4-5(2)3;1-2/h14-19H,9-13H2,1-8H3;5H,4H2,1-3H3;1-2H3. The summed E-state index contributed by atoms with van der Waals surface area (Å²) in [6.45, 7) is 30.2. The fourth-order valence-corrected chi connectivity index (χ4v) is 5.16. The van der Waals surface area contributed by atoms with Crippen molar-refractivity contribution in [1.29, 1.82) is 0 Å². The molecule has 0 heteroatoms. The molecule has 0 heterocycles. The van der Waals surface area contributed by atoms with Gasteiger partial charge in [0.25, 0.3) is 0 Å². The van der Waals surface area contributed by atoms with Crippen molar-refractivity contribution < 1.29 is 0 Å². The van der Waals surface area contributed by atoms with Crippen LogP contribution in [0.25, 0.3) is 0 Å². The van der Waals surface area contributed by atoms with Gasteiger partial charge in [-0.3, -0.25) is 0 Å². The van der Waals surface area contributed by atoms with Crippen molar-refractivity contribution in [2.24, 2.45) is 46.8 Å². The molecular formula is C27H58. The Labute approximate surface area is 175 Å². The van der Waals surface area contributed by atoms with Crippen LogP contribution in [0, 0.1) is 46.8 Å². The average Bonchev–Trinajstić information content (AvgIpc) is 2.98. The minimum atomic E-state index is 0.470. The van der Waals surface area contributed by atoms with Gasteiger partial charge in [0.05, 0.1) is 0 Å². The molecule has 0 bridgehead atoms. The molecule has 0 saturated heterocycles. The summed E-state index contributed by atoms with van der Waals surface area (Å²) in [7, 11) is 0. The third-order valence-electron chi connectivity index (χ3n) is 6.50.